The Bertz CT molecular complexity index is 492. The molecule has 1 heterocycles. The summed E-state index contributed by atoms with van der Waals surface area (Å²) in [6.07, 6.45) is 3.39. The molecule has 1 aromatic rings. The third-order valence-corrected chi connectivity index (χ3v) is 2.94. The highest BCUT2D eigenvalue weighted by Gasteiger charge is 2.43. The molecule has 0 aromatic carbocycles. The number of aromatic nitrogens is 1. The summed E-state index contributed by atoms with van der Waals surface area (Å²) in [5.41, 5.74) is 6.72. The fraction of sp³-hybridized carbons (Fsp3) is 0.455. The molecule has 0 spiro atoms. The van der Waals surface area contributed by atoms with E-state index in [2.05, 4.69) is 6.07 Å². The van der Waals surface area contributed by atoms with E-state index in [1.54, 1.807) is 17.7 Å². The van der Waals surface area contributed by atoms with E-state index in [1.165, 1.54) is 6.07 Å². The summed E-state index contributed by atoms with van der Waals surface area (Å²) in [6, 6.07) is 3.78. The van der Waals surface area contributed by atoms with Gasteiger partial charge < -0.3 is 10.3 Å². The number of rotatable bonds is 2. The minimum absolute atomic E-state index is 0.0803. The molecular weight excluding hydrogens is 190 g/mol. The molecule has 4 heteroatoms. The number of hydrogen-bond acceptors (Lipinski definition) is 3. The van der Waals surface area contributed by atoms with Gasteiger partial charge in [-0.25, -0.2) is 0 Å². The predicted molar refractivity (Wildman–Crippen MR) is 57.1 cm³/mol. The Balaban J connectivity index is 2.34. The van der Waals surface area contributed by atoms with Gasteiger partial charge in [-0.05, 0) is 25.3 Å². The Kier molecular flexibility index (Phi) is 2.04. The maximum absolute atomic E-state index is 11.6. The summed E-state index contributed by atoms with van der Waals surface area (Å²) < 4.78 is 1.54. The summed E-state index contributed by atoms with van der Waals surface area (Å²) in [5.74, 6) is 0. The molecule has 0 saturated heterocycles. The van der Waals surface area contributed by atoms with Crippen molar-refractivity contribution >= 4 is 5.69 Å². The molecule has 1 saturated carbocycles. The second-order valence-electron chi connectivity index (χ2n) is 4.27. The summed E-state index contributed by atoms with van der Waals surface area (Å²) in [7, 11) is 0. The van der Waals surface area contributed by atoms with Gasteiger partial charge in [0.25, 0.3) is 5.56 Å². The van der Waals surface area contributed by atoms with Crippen LogP contribution in [0.5, 0.6) is 0 Å². The average Bonchev–Trinajstić information content (AvgIpc) is 2.95. The van der Waals surface area contributed by atoms with E-state index in [0.29, 0.717) is 12.2 Å². The van der Waals surface area contributed by atoms with Crippen LogP contribution in [-0.4, -0.2) is 4.57 Å². The van der Waals surface area contributed by atoms with Crippen molar-refractivity contribution in [2.75, 3.05) is 5.73 Å². The molecule has 4 nitrogen and oxygen atoms in total. The molecule has 1 fully saturated rings. The van der Waals surface area contributed by atoms with E-state index in [4.69, 9.17) is 11.0 Å². The van der Waals surface area contributed by atoms with Gasteiger partial charge in [0.2, 0.25) is 0 Å². The van der Waals surface area contributed by atoms with Gasteiger partial charge in [0.15, 0.2) is 0 Å². The van der Waals surface area contributed by atoms with Gasteiger partial charge in [-0.15, -0.1) is 0 Å². The molecule has 0 atom stereocenters. The van der Waals surface area contributed by atoms with Gasteiger partial charge in [-0.3, -0.25) is 4.79 Å². The number of nitrogens with zero attached hydrogens (tertiary/aromatic N) is 2. The molecule has 2 N–H and O–H groups in total. The van der Waals surface area contributed by atoms with Crippen LogP contribution in [0, 0.1) is 23.7 Å². The fourth-order valence-electron chi connectivity index (χ4n) is 1.59. The zero-order chi connectivity index (χ0) is 11.1. The minimum Gasteiger partial charge on any atom is -0.397 e. The Hall–Kier alpha value is -1.76. The molecule has 1 aromatic heterocycles. The highest BCUT2D eigenvalue weighted by Crippen LogP contribution is 2.46. The second kappa shape index (κ2) is 3.13. The van der Waals surface area contributed by atoms with Gasteiger partial charge in [0.1, 0.15) is 0 Å². The van der Waals surface area contributed by atoms with E-state index >= 15 is 0 Å². The summed E-state index contributed by atoms with van der Waals surface area (Å²) >= 11 is 0. The number of aryl methyl sites for hydroxylation is 1. The topological polar surface area (TPSA) is 71.8 Å². The van der Waals surface area contributed by atoms with Crippen molar-refractivity contribution in [2.24, 2.45) is 5.41 Å². The lowest BCUT2D eigenvalue weighted by Crippen LogP contribution is -2.24. The van der Waals surface area contributed by atoms with Crippen molar-refractivity contribution in [3.63, 3.8) is 0 Å². The molecule has 0 unspecified atom stereocenters. The normalized spacial score (nSPS) is 17.1. The molecule has 0 radical (unpaired) electrons. The third-order valence-electron chi connectivity index (χ3n) is 2.94. The maximum Gasteiger partial charge on any atom is 0.250 e. The number of nitriles is 1. The van der Waals surface area contributed by atoms with Gasteiger partial charge in [0.05, 0.1) is 17.2 Å². The minimum atomic E-state index is -0.314. The Morgan fingerprint density at radius 3 is 2.87 bits per heavy atom. The van der Waals surface area contributed by atoms with Crippen LogP contribution in [-0.2, 0) is 6.54 Å². The number of nitrogen functional groups attached to an aromatic ring is 1. The lowest BCUT2D eigenvalue weighted by atomic mass is 10.1. The van der Waals surface area contributed by atoms with Gasteiger partial charge in [-0.2, -0.15) is 5.26 Å². The van der Waals surface area contributed by atoms with E-state index < -0.39 is 0 Å². The first kappa shape index (κ1) is 9.78. The number of anilines is 1. The first-order valence-corrected chi connectivity index (χ1v) is 4.94. The molecule has 15 heavy (non-hydrogen) atoms. The smallest absolute Gasteiger partial charge is 0.250 e. The Labute approximate surface area is 87.9 Å². The van der Waals surface area contributed by atoms with Crippen LogP contribution >= 0.6 is 0 Å². The zero-order valence-corrected chi connectivity index (χ0v) is 8.66. The first-order chi connectivity index (χ1) is 7.06. The van der Waals surface area contributed by atoms with Crippen LogP contribution in [0.15, 0.2) is 17.1 Å². The number of nitrogens with two attached hydrogens (primary N) is 1. The van der Waals surface area contributed by atoms with Gasteiger partial charge in [-0.1, -0.05) is 0 Å². The molecule has 0 amide bonds. The molecular formula is C11H13N3O. The van der Waals surface area contributed by atoms with Crippen LogP contribution in [0.25, 0.3) is 0 Å². The van der Waals surface area contributed by atoms with Crippen LogP contribution < -0.4 is 11.3 Å². The number of pyridine rings is 1. The Morgan fingerprint density at radius 1 is 1.67 bits per heavy atom. The van der Waals surface area contributed by atoms with E-state index in [9.17, 15) is 4.79 Å². The molecule has 1 aliphatic carbocycles. The molecule has 78 valence electrons. The third kappa shape index (κ3) is 1.73. The molecule has 2 rings (SSSR count). The Morgan fingerprint density at radius 2 is 2.33 bits per heavy atom. The predicted octanol–water partition coefficient (Wildman–Crippen LogP) is 1.04. The lowest BCUT2D eigenvalue weighted by molar-refractivity contribution is 0.515. The molecule has 0 bridgehead atoms. The van der Waals surface area contributed by atoms with Crippen LogP contribution in [0.4, 0.5) is 5.69 Å². The van der Waals surface area contributed by atoms with Crippen molar-refractivity contribution in [2.45, 2.75) is 26.3 Å². The fourth-order valence-corrected chi connectivity index (χ4v) is 1.59. The van der Waals surface area contributed by atoms with Crippen LogP contribution in [0.3, 0.4) is 0 Å². The van der Waals surface area contributed by atoms with Crippen molar-refractivity contribution in [1.29, 1.82) is 5.26 Å². The maximum atomic E-state index is 11.6. The van der Waals surface area contributed by atoms with Gasteiger partial charge >= 0.3 is 0 Å². The second-order valence-corrected chi connectivity index (χ2v) is 4.27. The standard InChI is InChI=1S/C11H13N3O/c1-8-4-10(15)14(5-9(8)13)7-11(6-12)2-3-11/h4-5H,2-3,7,13H2,1H3. The SMILES string of the molecule is Cc1cc(=O)n(CC2(C#N)CC2)cc1N. The van der Waals surface area contributed by atoms with E-state index in [0.717, 1.165) is 18.4 Å². The summed E-state index contributed by atoms with van der Waals surface area (Å²) in [5, 5.41) is 8.94. The van der Waals surface area contributed by atoms with E-state index in [1.807, 2.05) is 0 Å². The summed E-state index contributed by atoms with van der Waals surface area (Å²) in [4.78, 5) is 11.6. The quantitative estimate of drug-likeness (QED) is 0.780. The van der Waals surface area contributed by atoms with Crippen molar-refractivity contribution in [1.82, 2.24) is 4.57 Å². The van der Waals surface area contributed by atoms with Crippen LogP contribution in [0.1, 0.15) is 18.4 Å². The number of hydrogen-bond donors (Lipinski definition) is 1. The highest BCUT2D eigenvalue weighted by atomic mass is 16.1. The van der Waals surface area contributed by atoms with Crippen LogP contribution in [0.2, 0.25) is 0 Å². The average molecular weight is 203 g/mol. The van der Waals surface area contributed by atoms with Crippen molar-refractivity contribution in [3.8, 4) is 6.07 Å². The zero-order valence-electron chi connectivity index (χ0n) is 8.66. The van der Waals surface area contributed by atoms with E-state index in [-0.39, 0.29) is 11.0 Å². The van der Waals surface area contributed by atoms with Crippen molar-refractivity contribution < 1.29 is 0 Å². The summed E-state index contributed by atoms with van der Waals surface area (Å²) in [6.45, 7) is 2.27. The first-order valence-electron chi connectivity index (χ1n) is 4.94. The monoisotopic (exact) mass is 203 g/mol. The molecule has 1 aliphatic rings. The van der Waals surface area contributed by atoms with Gasteiger partial charge in [0, 0.05) is 18.8 Å². The lowest BCUT2D eigenvalue weighted by Gasteiger charge is -2.10. The largest absolute Gasteiger partial charge is 0.397 e. The van der Waals surface area contributed by atoms with Crippen molar-refractivity contribution in [3.05, 3.63) is 28.2 Å². The molecule has 0 aliphatic heterocycles. The highest BCUT2D eigenvalue weighted by molar-refractivity contribution is 5.43.